The molecule has 0 unspecified atom stereocenters. The predicted octanol–water partition coefficient (Wildman–Crippen LogP) is 2.10. The van der Waals surface area contributed by atoms with E-state index >= 15 is 0 Å². The molecule has 0 bridgehead atoms. The van der Waals surface area contributed by atoms with Gasteiger partial charge in [-0.25, -0.2) is 0 Å². The molecule has 3 nitrogen and oxygen atoms in total. The standard InChI is InChI=1S/C12H11NO2S/c1-9-2-4-10(5-3-9)11(14)8-13-6-7-16-12(13)15/h2-7H,8H2,1H3. The highest BCUT2D eigenvalue weighted by Crippen LogP contribution is 2.05. The van der Waals surface area contributed by atoms with E-state index in [-0.39, 0.29) is 17.2 Å². The molecule has 2 rings (SSSR count). The summed E-state index contributed by atoms with van der Waals surface area (Å²) in [6.45, 7) is 2.09. The Morgan fingerprint density at radius 1 is 1.31 bits per heavy atom. The van der Waals surface area contributed by atoms with E-state index in [1.807, 2.05) is 19.1 Å². The fourth-order valence-corrected chi connectivity index (χ4v) is 1.98. The maximum atomic E-state index is 11.8. The second-order valence-electron chi connectivity index (χ2n) is 3.59. The summed E-state index contributed by atoms with van der Waals surface area (Å²) in [5.74, 6) is -0.0412. The number of benzene rings is 1. The Labute approximate surface area is 97.0 Å². The maximum absolute atomic E-state index is 11.8. The predicted molar refractivity (Wildman–Crippen MR) is 64.1 cm³/mol. The molecular formula is C12H11NO2S. The van der Waals surface area contributed by atoms with Gasteiger partial charge in [0.2, 0.25) is 0 Å². The Balaban J connectivity index is 2.18. The minimum Gasteiger partial charge on any atom is -0.298 e. The van der Waals surface area contributed by atoms with Gasteiger partial charge in [0.25, 0.3) is 0 Å². The lowest BCUT2D eigenvalue weighted by atomic mass is 10.1. The lowest BCUT2D eigenvalue weighted by Gasteiger charge is -2.01. The van der Waals surface area contributed by atoms with Crippen LogP contribution in [-0.4, -0.2) is 10.4 Å². The number of aromatic nitrogens is 1. The largest absolute Gasteiger partial charge is 0.307 e. The van der Waals surface area contributed by atoms with Crippen molar-refractivity contribution in [1.29, 1.82) is 0 Å². The SMILES string of the molecule is Cc1ccc(C(=O)Cn2ccsc2=O)cc1. The van der Waals surface area contributed by atoms with E-state index in [1.54, 1.807) is 23.7 Å². The number of aryl methyl sites for hydroxylation is 1. The Hall–Kier alpha value is -1.68. The third-order valence-electron chi connectivity index (χ3n) is 2.33. The van der Waals surface area contributed by atoms with Crippen molar-refractivity contribution in [2.75, 3.05) is 0 Å². The molecule has 0 N–H and O–H groups in total. The van der Waals surface area contributed by atoms with Crippen molar-refractivity contribution in [2.24, 2.45) is 0 Å². The van der Waals surface area contributed by atoms with Crippen LogP contribution in [0.15, 0.2) is 40.6 Å². The van der Waals surface area contributed by atoms with Crippen LogP contribution in [0.1, 0.15) is 15.9 Å². The second-order valence-corrected chi connectivity index (χ2v) is 4.44. The highest BCUT2D eigenvalue weighted by molar-refractivity contribution is 7.07. The summed E-state index contributed by atoms with van der Waals surface area (Å²) in [5.41, 5.74) is 1.76. The van der Waals surface area contributed by atoms with Crippen LogP contribution < -0.4 is 4.87 Å². The van der Waals surface area contributed by atoms with Crippen molar-refractivity contribution in [3.8, 4) is 0 Å². The molecule has 0 amide bonds. The molecule has 0 aliphatic rings. The van der Waals surface area contributed by atoms with Crippen molar-refractivity contribution in [1.82, 2.24) is 4.57 Å². The molecule has 1 heterocycles. The minimum absolute atomic E-state index is 0.0412. The Kier molecular flexibility index (Phi) is 3.01. The number of Topliss-reactive ketones (excluding diaryl/α,β-unsaturated/α-hetero) is 1. The minimum atomic E-state index is -0.0968. The summed E-state index contributed by atoms with van der Waals surface area (Å²) in [6.07, 6.45) is 1.64. The number of carbonyl (C=O) groups is 1. The van der Waals surface area contributed by atoms with E-state index in [2.05, 4.69) is 0 Å². The van der Waals surface area contributed by atoms with Crippen LogP contribution in [0, 0.1) is 6.92 Å². The smallest absolute Gasteiger partial charge is 0.298 e. The van der Waals surface area contributed by atoms with Gasteiger partial charge in [-0.1, -0.05) is 41.2 Å². The summed E-state index contributed by atoms with van der Waals surface area (Å²) >= 11 is 1.10. The first-order valence-electron chi connectivity index (χ1n) is 4.90. The summed E-state index contributed by atoms with van der Waals surface area (Å²) in [6, 6.07) is 7.36. The molecule has 0 saturated heterocycles. The molecule has 0 aliphatic carbocycles. The second kappa shape index (κ2) is 4.45. The first-order valence-corrected chi connectivity index (χ1v) is 5.78. The van der Waals surface area contributed by atoms with Crippen molar-refractivity contribution in [3.05, 3.63) is 56.6 Å². The van der Waals surface area contributed by atoms with E-state index in [0.29, 0.717) is 5.56 Å². The molecule has 16 heavy (non-hydrogen) atoms. The maximum Gasteiger partial charge on any atom is 0.307 e. The molecule has 0 aliphatic heterocycles. The monoisotopic (exact) mass is 233 g/mol. The highest BCUT2D eigenvalue weighted by atomic mass is 32.1. The molecule has 1 aromatic carbocycles. The summed E-state index contributed by atoms with van der Waals surface area (Å²) in [4.78, 5) is 23.0. The number of hydrogen-bond donors (Lipinski definition) is 0. The lowest BCUT2D eigenvalue weighted by Crippen LogP contribution is -2.18. The third-order valence-corrected chi connectivity index (χ3v) is 3.03. The van der Waals surface area contributed by atoms with E-state index in [0.717, 1.165) is 16.9 Å². The number of ketones is 1. The summed E-state index contributed by atoms with van der Waals surface area (Å²) < 4.78 is 1.42. The number of nitrogens with zero attached hydrogens (tertiary/aromatic N) is 1. The van der Waals surface area contributed by atoms with Crippen LogP contribution in [0.5, 0.6) is 0 Å². The number of thiazole rings is 1. The van der Waals surface area contributed by atoms with Crippen LogP contribution in [0.2, 0.25) is 0 Å². The van der Waals surface area contributed by atoms with Gasteiger partial charge >= 0.3 is 4.87 Å². The van der Waals surface area contributed by atoms with Crippen LogP contribution in [0.4, 0.5) is 0 Å². The first kappa shape index (κ1) is 10.8. The molecule has 4 heteroatoms. The Morgan fingerprint density at radius 3 is 2.56 bits per heavy atom. The summed E-state index contributed by atoms with van der Waals surface area (Å²) in [5, 5.41) is 1.69. The fraction of sp³-hybridized carbons (Fsp3) is 0.167. The van der Waals surface area contributed by atoms with Crippen molar-refractivity contribution < 1.29 is 4.79 Å². The molecule has 0 radical (unpaired) electrons. The van der Waals surface area contributed by atoms with Crippen LogP contribution in [-0.2, 0) is 6.54 Å². The fourth-order valence-electron chi connectivity index (χ4n) is 1.39. The van der Waals surface area contributed by atoms with E-state index in [9.17, 15) is 9.59 Å². The van der Waals surface area contributed by atoms with Crippen LogP contribution in [0.3, 0.4) is 0 Å². The molecule has 82 valence electrons. The molecule has 2 aromatic rings. The molecule has 0 fully saturated rings. The van der Waals surface area contributed by atoms with Gasteiger partial charge in [-0.2, -0.15) is 0 Å². The molecule has 0 saturated carbocycles. The first-order chi connectivity index (χ1) is 7.66. The molecular weight excluding hydrogens is 222 g/mol. The van der Waals surface area contributed by atoms with Crippen LogP contribution in [0.25, 0.3) is 0 Å². The van der Waals surface area contributed by atoms with E-state index in [4.69, 9.17) is 0 Å². The zero-order valence-electron chi connectivity index (χ0n) is 8.84. The molecule has 0 spiro atoms. The van der Waals surface area contributed by atoms with Crippen molar-refractivity contribution in [3.63, 3.8) is 0 Å². The van der Waals surface area contributed by atoms with Gasteiger partial charge in [0, 0.05) is 17.1 Å². The lowest BCUT2D eigenvalue weighted by molar-refractivity contribution is 0.0971. The van der Waals surface area contributed by atoms with Gasteiger partial charge in [-0.15, -0.1) is 0 Å². The Bertz CT molecular complexity index is 551. The molecule has 1 aromatic heterocycles. The number of hydrogen-bond acceptors (Lipinski definition) is 3. The van der Waals surface area contributed by atoms with Crippen molar-refractivity contribution >= 4 is 17.1 Å². The van der Waals surface area contributed by atoms with Gasteiger partial charge in [-0.05, 0) is 6.92 Å². The number of rotatable bonds is 3. The van der Waals surface area contributed by atoms with Gasteiger partial charge in [0.05, 0.1) is 6.54 Å². The van der Waals surface area contributed by atoms with Gasteiger partial charge in [0.15, 0.2) is 5.78 Å². The highest BCUT2D eigenvalue weighted by Gasteiger charge is 2.07. The van der Waals surface area contributed by atoms with E-state index in [1.165, 1.54) is 4.57 Å². The summed E-state index contributed by atoms with van der Waals surface area (Å²) in [7, 11) is 0. The van der Waals surface area contributed by atoms with Gasteiger partial charge in [-0.3, -0.25) is 14.2 Å². The van der Waals surface area contributed by atoms with Crippen LogP contribution >= 0.6 is 11.3 Å². The quantitative estimate of drug-likeness (QED) is 0.761. The number of carbonyl (C=O) groups excluding carboxylic acids is 1. The third kappa shape index (κ3) is 2.28. The van der Waals surface area contributed by atoms with E-state index < -0.39 is 0 Å². The normalized spacial score (nSPS) is 10.3. The topological polar surface area (TPSA) is 39.1 Å². The van der Waals surface area contributed by atoms with Crippen molar-refractivity contribution in [2.45, 2.75) is 13.5 Å². The van der Waals surface area contributed by atoms with Gasteiger partial charge in [0.1, 0.15) is 0 Å². The molecule has 0 atom stereocenters. The average Bonchev–Trinajstić information content (AvgIpc) is 2.65. The van der Waals surface area contributed by atoms with Gasteiger partial charge < -0.3 is 0 Å². The average molecular weight is 233 g/mol. The zero-order valence-corrected chi connectivity index (χ0v) is 9.66. The Morgan fingerprint density at radius 2 is 2.00 bits per heavy atom. The zero-order chi connectivity index (χ0) is 11.5.